The number of thioether (sulfide) groups is 1. The van der Waals surface area contributed by atoms with E-state index in [1.54, 1.807) is 38.3 Å². The summed E-state index contributed by atoms with van der Waals surface area (Å²) in [6.45, 7) is 4.16. The minimum Gasteiger partial charge on any atom is -0.497 e. The van der Waals surface area contributed by atoms with E-state index >= 15 is 0 Å². The lowest BCUT2D eigenvalue weighted by molar-refractivity contribution is -0.118. The van der Waals surface area contributed by atoms with Gasteiger partial charge in [-0.25, -0.2) is 5.43 Å². The van der Waals surface area contributed by atoms with Gasteiger partial charge in [0, 0.05) is 17.4 Å². The van der Waals surface area contributed by atoms with Gasteiger partial charge >= 0.3 is 0 Å². The van der Waals surface area contributed by atoms with Crippen molar-refractivity contribution in [3.05, 3.63) is 58.7 Å². The van der Waals surface area contributed by atoms with Crippen LogP contribution >= 0.6 is 11.8 Å². The van der Waals surface area contributed by atoms with Gasteiger partial charge in [0.2, 0.25) is 5.91 Å². The van der Waals surface area contributed by atoms with E-state index in [9.17, 15) is 4.79 Å². The number of nitrogens with one attached hydrogen (secondary N) is 1. The number of carbonyl (C=O) groups is 1. The highest BCUT2D eigenvalue weighted by atomic mass is 32.2. The van der Waals surface area contributed by atoms with E-state index in [2.05, 4.69) is 42.6 Å². The monoisotopic (exact) mass is 372 g/mol. The van der Waals surface area contributed by atoms with Crippen molar-refractivity contribution >= 4 is 23.9 Å². The van der Waals surface area contributed by atoms with Crippen LogP contribution in [0.4, 0.5) is 0 Å². The predicted molar refractivity (Wildman–Crippen MR) is 107 cm³/mol. The first-order valence-corrected chi connectivity index (χ1v) is 9.36. The molecule has 26 heavy (non-hydrogen) atoms. The van der Waals surface area contributed by atoms with E-state index in [1.165, 1.54) is 16.7 Å². The first kappa shape index (κ1) is 19.8. The molecule has 0 atom stereocenters. The first-order valence-electron chi connectivity index (χ1n) is 8.20. The van der Waals surface area contributed by atoms with Crippen molar-refractivity contribution in [2.75, 3.05) is 20.0 Å². The maximum absolute atomic E-state index is 11.9. The normalized spacial score (nSPS) is 10.8. The van der Waals surface area contributed by atoms with Gasteiger partial charge in [0.05, 0.1) is 26.2 Å². The van der Waals surface area contributed by atoms with Crippen molar-refractivity contribution in [3.63, 3.8) is 0 Å². The summed E-state index contributed by atoms with van der Waals surface area (Å²) >= 11 is 1.56. The van der Waals surface area contributed by atoms with Crippen LogP contribution in [0.3, 0.4) is 0 Å². The number of aryl methyl sites for hydroxylation is 2. The molecule has 0 spiro atoms. The quantitative estimate of drug-likeness (QED) is 0.567. The highest BCUT2D eigenvalue weighted by molar-refractivity contribution is 7.99. The Morgan fingerprint density at radius 1 is 1.12 bits per heavy atom. The molecule has 138 valence electrons. The van der Waals surface area contributed by atoms with Crippen molar-refractivity contribution in [1.29, 1.82) is 0 Å². The van der Waals surface area contributed by atoms with Gasteiger partial charge in [-0.1, -0.05) is 29.3 Å². The molecule has 0 radical (unpaired) electrons. The van der Waals surface area contributed by atoms with E-state index in [0.717, 1.165) is 11.3 Å². The zero-order valence-corrected chi connectivity index (χ0v) is 16.4. The largest absolute Gasteiger partial charge is 0.497 e. The van der Waals surface area contributed by atoms with Gasteiger partial charge in [-0.2, -0.15) is 5.10 Å². The van der Waals surface area contributed by atoms with Crippen molar-refractivity contribution in [1.82, 2.24) is 5.43 Å². The first-order chi connectivity index (χ1) is 12.5. The number of hydrazone groups is 1. The van der Waals surface area contributed by atoms with Crippen molar-refractivity contribution in [2.24, 2.45) is 5.10 Å². The molecule has 2 aromatic rings. The Bertz CT molecular complexity index is 770. The number of hydrogen-bond donors (Lipinski definition) is 1. The Morgan fingerprint density at radius 3 is 2.50 bits per heavy atom. The number of carbonyl (C=O) groups excluding carboxylic acids is 1. The second-order valence-electron chi connectivity index (χ2n) is 5.89. The van der Waals surface area contributed by atoms with Crippen LogP contribution < -0.4 is 14.9 Å². The van der Waals surface area contributed by atoms with Crippen LogP contribution in [-0.2, 0) is 10.5 Å². The lowest BCUT2D eigenvalue weighted by Gasteiger charge is -2.07. The molecule has 0 aromatic heterocycles. The second-order valence-corrected chi connectivity index (χ2v) is 6.88. The van der Waals surface area contributed by atoms with Gasteiger partial charge in [-0.3, -0.25) is 4.79 Å². The second kappa shape index (κ2) is 9.87. The van der Waals surface area contributed by atoms with Gasteiger partial charge in [-0.15, -0.1) is 11.8 Å². The van der Waals surface area contributed by atoms with Crippen molar-refractivity contribution in [3.8, 4) is 11.5 Å². The number of benzene rings is 2. The zero-order chi connectivity index (χ0) is 18.9. The molecule has 1 N–H and O–H groups in total. The van der Waals surface area contributed by atoms with E-state index < -0.39 is 0 Å². The molecule has 0 saturated heterocycles. The molecule has 2 aromatic carbocycles. The number of ether oxygens (including phenoxy) is 2. The zero-order valence-electron chi connectivity index (χ0n) is 15.5. The molecule has 0 unspecified atom stereocenters. The number of methoxy groups -OCH3 is 2. The number of amides is 1. The molecular formula is C20H24N2O3S. The number of hydrogen-bond acceptors (Lipinski definition) is 5. The van der Waals surface area contributed by atoms with E-state index in [4.69, 9.17) is 9.47 Å². The summed E-state index contributed by atoms with van der Waals surface area (Å²) in [5, 5.41) is 4.00. The minimum absolute atomic E-state index is 0.136. The van der Waals surface area contributed by atoms with Crippen LogP contribution in [0, 0.1) is 13.8 Å². The van der Waals surface area contributed by atoms with Gasteiger partial charge in [0.25, 0.3) is 0 Å². The fourth-order valence-electron chi connectivity index (χ4n) is 2.55. The molecule has 0 aliphatic carbocycles. The number of rotatable bonds is 8. The van der Waals surface area contributed by atoms with Crippen LogP contribution in [0.15, 0.2) is 41.5 Å². The molecule has 0 bridgehead atoms. The van der Waals surface area contributed by atoms with Crippen molar-refractivity contribution in [2.45, 2.75) is 19.6 Å². The van der Waals surface area contributed by atoms with Gasteiger partial charge in [0.15, 0.2) is 0 Å². The molecular weight excluding hydrogens is 348 g/mol. The third-order valence-electron chi connectivity index (χ3n) is 3.62. The average Bonchev–Trinajstić information content (AvgIpc) is 2.61. The fourth-order valence-corrected chi connectivity index (χ4v) is 3.30. The molecule has 0 aliphatic heterocycles. The average molecular weight is 372 g/mol. The molecule has 0 heterocycles. The fraction of sp³-hybridized carbons (Fsp3) is 0.300. The molecule has 0 fully saturated rings. The van der Waals surface area contributed by atoms with Gasteiger partial charge in [-0.05, 0) is 31.5 Å². The summed E-state index contributed by atoms with van der Waals surface area (Å²) in [5.41, 5.74) is 7.01. The smallest absolute Gasteiger partial charge is 0.250 e. The van der Waals surface area contributed by atoms with E-state index in [1.807, 2.05) is 12.1 Å². The summed E-state index contributed by atoms with van der Waals surface area (Å²) in [4.78, 5) is 11.9. The maximum atomic E-state index is 11.9. The Hall–Kier alpha value is -2.47. The van der Waals surface area contributed by atoms with Crippen LogP contribution in [0.5, 0.6) is 11.5 Å². The highest BCUT2D eigenvalue weighted by Gasteiger charge is 2.04. The maximum Gasteiger partial charge on any atom is 0.250 e. The third kappa shape index (κ3) is 6.11. The molecule has 0 saturated carbocycles. The standard InChI is InChI=1S/C20H24N2O3S/c1-14-7-15(2)9-16(8-14)12-26-13-20(23)22-21-11-17-5-6-18(24-3)10-19(17)25-4/h5-11H,12-13H2,1-4H3,(H,22,23)/b21-11+. The SMILES string of the molecule is COc1ccc(/C=N/NC(=O)CSCc2cc(C)cc(C)c2)c(OC)c1. The highest BCUT2D eigenvalue weighted by Crippen LogP contribution is 2.23. The number of nitrogens with zero attached hydrogens (tertiary/aromatic N) is 1. The van der Waals surface area contributed by atoms with Gasteiger partial charge in [0.1, 0.15) is 11.5 Å². The summed E-state index contributed by atoms with van der Waals surface area (Å²) < 4.78 is 10.4. The molecule has 2 rings (SSSR count). The Morgan fingerprint density at radius 2 is 1.85 bits per heavy atom. The van der Waals surface area contributed by atoms with E-state index in [0.29, 0.717) is 17.3 Å². The van der Waals surface area contributed by atoms with Gasteiger partial charge < -0.3 is 9.47 Å². The third-order valence-corrected chi connectivity index (χ3v) is 4.62. The lowest BCUT2D eigenvalue weighted by Crippen LogP contribution is -2.19. The molecule has 5 nitrogen and oxygen atoms in total. The molecule has 1 amide bonds. The minimum atomic E-state index is -0.136. The van der Waals surface area contributed by atoms with Crippen molar-refractivity contribution < 1.29 is 14.3 Å². The molecule has 0 aliphatic rings. The lowest BCUT2D eigenvalue weighted by atomic mass is 10.1. The Balaban J connectivity index is 1.82. The van der Waals surface area contributed by atoms with Crippen LogP contribution in [-0.4, -0.2) is 32.1 Å². The Labute approximate surface area is 158 Å². The summed E-state index contributed by atoms with van der Waals surface area (Å²) in [6.07, 6.45) is 1.56. The summed E-state index contributed by atoms with van der Waals surface area (Å²) in [6, 6.07) is 11.8. The van der Waals surface area contributed by atoms with Crippen LogP contribution in [0.1, 0.15) is 22.3 Å². The Kier molecular flexibility index (Phi) is 7.53. The predicted octanol–water partition coefficient (Wildman–Crippen LogP) is 3.70. The topological polar surface area (TPSA) is 59.9 Å². The summed E-state index contributed by atoms with van der Waals surface area (Å²) in [7, 11) is 3.17. The van der Waals surface area contributed by atoms with E-state index in [-0.39, 0.29) is 5.91 Å². The molecule has 6 heteroatoms. The summed E-state index contributed by atoms with van der Waals surface area (Å²) in [5.74, 6) is 2.34. The van der Waals surface area contributed by atoms with Crippen LogP contribution in [0.2, 0.25) is 0 Å². The van der Waals surface area contributed by atoms with Crippen LogP contribution in [0.25, 0.3) is 0 Å².